The maximum atomic E-state index is 13.4. The van der Waals surface area contributed by atoms with Crippen molar-refractivity contribution in [1.29, 1.82) is 0 Å². The van der Waals surface area contributed by atoms with Gasteiger partial charge >= 0.3 is 6.03 Å². The average Bonchev–Trinajstić information content (AvgIpc) is 3.25. The Labute approximate surface area is 192 Å². The molecule has 1 atom stereocenters. The fourth-order valence-electron chi connectivity index (χ4n) is 4.01. The molecule has 2 aliphatic rings. The summed E-state index contributed by atoms with van der Waals surface area (Å²) < 4.78 is 24.2. The van der Waals surface area contributed by atoms with Crippen molar-refractivity contribution in [3.8, 4) is 11.5 Å². The van der Waals surface area contributed by atoms with E-state index in [1.807, 2.05) is 32.0 Å². The first-order valence-electron chi connectivity index (χ1n) is 11.1. The van der Waals surface area contributed by atoms with E-state index in [9.17, 15) is 14.0 Å². The number of halogens is 1. The van der Waals surface area contributed by atoms with Crippen LogP contribution >= 0.6 is 0 Å². The van der Waals surface area contributed by atoms with Gasteiger partial charge in [-0.3, -0.25) is 9.69 Å². The van der Waals surface area contributed by atoms with Gasteiger partial charge in [0.15, 0.2) is 11.5 Å². The SMILES string of the molecule is CC(C)C(NC(=O)Nc1cccc(F)c1)C(=O)N1CCN(Cc2ccc3c(c2)OCO3)CC1. The fourth-order valence-corrected chi connectivity index (χ4v) is 4.01. The highest BCUT2D eigenvalue weighted by molar-refractivity contribution is 5.93. The first-order valence-corrected chi connectivity index (χ1v) is 11.1. The molecule has 8 nitrogen and oxygen atoms in total. The number of ether oxygens (including phenoxy) is 2. The lowest BCUT2D eigenvalue weighted by Crippen LogP contribution is -2.56. The molecule has 0 aromatic heterocycles. The Morgan fingerprint density at radius 3 is 2.52 bits per heavy atom. The van der Waals surface area contributed by atoms with Crippen LogP contribution in [0.1, 0.15) is 19.4 Å². The molecule has 1 fully saturated rings. The predicted molar refractivity (Wildman–Crippen MR) is 122 cm³/mol. The van der Waals surface area contributed by atoms with Gasteiger partial charge in [0.1, 0.15) is 11.9 Å². The van der Waals surface area contributed by atoms with Crippen LogP contribution in [0.25, 0.3) is 0 Å². The van der Waals surface area contributed by atoms with Crippen molar-refractivity contribution in [3.63, 3.8) is 0 Å². The molecule has 2 aliphatic heterocycles. The summed E-state index contributed by atoms with van der Waals surface area (Å²) in [6.07, 6.45) is 0. The summed E-state index contributed by atoms with van der Waals surface area (Å²) in [6, 6.07) is 10.4. The van der Waals surface area contributed by atoms with E-state index in [2.05, 4.69) is 15.5 Å². The molecular formula is C24H29FN4O4. The van der Waals surface area contributed by atoms with E-state index < -0.39 is 17.9 Å². The quantitative estimate of drug-likeness (QED) is 0.698. The Balaban J connectivity index is 1.29. The van der Waals surface area contributed by atoms with Crippen LogP contribution in [0.3, 0.4) is 0 Å². The molecule has 176 valence electrons. The zero-order chi connectivity index (χ0) is 23.4. The standard InChI is InChI=1S/C24H29FN4O4/c1-16(2)22(27-24(31)26-19-5-3-4-18(25)13-19)23(30)29-10-8-28(9-11-29)14-17-6-7-20-21(12-17)33-15-32-20/h3-7,12-13,16,22H,8-11,14-15H2,1-2H3,(H2,26,27,31). The van der Waals surface area contributed by atoms with Crippen molar-refractivity contribution in [2.45, 2.75) is 26.4 Å². The number of benzene rings is 2. The minimum Gasteiger partial charge on any atom is -0.454 e. The number of anilines is 1. The third kappa shape index (κ3) is 5.73. The third-order valence-corrected chi connectivity index (χ3v) is 5.83. The number of amides is 3. The van der Waals surface area contributed by atoms with E-state index in [1.54, 1.807) is 11.0 Å². The van der Waals surface area contributed by atoms with Gasteiger partial charge in [-0.2, -0.15) is 0 Å². The Kier molecular flexibility index (Phi) is 6.98. The molecule has 1 saturated heterocycles. The highest BCUT2D eigenvalue weighted by Crippen LogP contribution is 2.32. The van der Waals surface area contributed by atoms with Crippen LogP contribution in [0, 0.1) is 11.7 Å². The fraction of sp³-hybridized carbons (Fsp3) is 0.417. The van der Waals surface area contributed by atoms with Crippen molar-refractivity contribution >= 4 is 17.6 Å². The van der Waals surface area contributed by atoms with Gasteiger partial charge < -0.3 is 25.0 Å². The van der Waals surface area contributed by atoms with Gasteiger partial charge in [0, 0.05) is 38.4 Å². The largest absolute Gasteiger partial charge is 0.454 e. The molecule has 2 aromatic carbocycles. The number of fused-ring (bicyclic) bond motifs is 1. The number of hydrogen-bond acceptors (Lipinski definition) is 5. The van der Waals surface area contributed by atoms with Gasteiger partial charge in [0.05, 0.1) is 0 Å². The minimum absolute atomic E-state index is 0.0950. The van der Waals surface area contributed by atoms with Crippen molar-refractivity contribution in [3.05, 3.63) is 53.8 Å². The molecule has 0 aliphatic carbocycles. The third-order valence-electron chi connectivity index (χ3n) is 5.83. The number of nitrogens with one attached hydrogen (secondary N) is 2. The number of hydrogen-bond donors (Lipinski definition) is 2. The summed E-state index contributed by atoms with van der Waals surface area (Å²) in [5, 5.41) is 5.34. The van der Waals surface area contributed by atoms with Crippen LogP contribution in [-0.4, -0.2) is 60.8 Å². The van der Waals surface area contributed by atoms with Crippen LogP contribution < -0.4 is 20.1 Å². The molecule has 0 bridgehead atoms. The summed E-state index contributed by atoms with van der Waals surface area (Å²) in [5.41, 5.74) is 1.47. The lowest BCUT2D eigenvalue weighted by Gasteiger charge is -2.37. The Hall–Kier alpha value is -3.33. The number of rotatable bonds is 6. The van der Waals surface area contributed by atoms with Crippen LogP contribution in [-0.2, 0) is 11.3 Å². The number of carbonyl (C=O) groups excluding carboxylic acids is 2. The monoisotopic (exact) mass is 456 g/mol. The van der Waals surface area contributed by atoms with Gasteiger partial charge in [-0.15, -0.1) is 0 Å². The zero-order valence-electron chi connectivity index (χ0n) is 18.8. The Morgan fingerprint density at radius 1 is 1.03 bits per heavy atom. The normalized spacial score (nSPS) is 16.5. The molecule has 0 radical (unpaired) electrons. The van der Waals surface area contributed by atoms with Gasteiger partial charge in [0.2, 0.25) is 12.7 Å². The van der Waals surface area contributed by atoms with Crippen molar-refractivity contribution < 1.29 is 23.5 Å². The molecule has 0 saturated carbocycles. The summed E-state index contributed by atoms with van der Waals surface area (Å²) in [6.45, 7) is 7.44. The Morgan fingerprint density at radius 2 is 1.79 bits per heavy atom. The molecule has 3 amide bonds. The van der Waals surface area contributed by atoms with Crippen LogP contribution in [0.4, 0.5) is 14.9 Å². The maximum Gasteiger partial charge on any atom is 0.319 e. The molecule has 2 heterocycles. The summed E-state index contributed by atoms with van der Waals surface area (Å²) in [7, 11) is 0. The molecule has 9 heteroatoms. The molecule has 1 unspecified atom stereocenters. The van der Waals surface area contributed by atoms with E-state index in [4.69, 9.17) is 9.47 Å². The number of urea groups is 1. The van der Waals surface area contributed by atoms with Gasteiger partial charge in [-0.25, -0.2) is 9.18 Å². The summed E-state index contributed by atoms with van der Waals surface area (Å²) in [5.74, 6) is 0.888. The van der Waals surface area contributed by atoms with Crippen molar-refractivity contribution in [2.24, 2.45) is 5.92 Å². The van der Waals surface area contributed by atoms with Crippen molar-refractivity contribution in [1.82, 2.24) is 15.1 Å². The molecule has 33 heavy (non-hydrogen) atoms. The average molecular weight is 457 g/mol. The first-order chi connectivity index (χ1) is 15.9. The molecule has 2 aromatic rings. The van der Waals surface area contributed by atoms with Crippen LogP contribution in [0.5, 0.6) is 11.5 Å². The van der Waals surface area contributed by atoms with Gasteiger partial charge in [0.25, 0.3) is 0 Å². The minimum atomic E-state index is -0.668. The van der Waals surface area contributed by atoms with E-state index in [0.29, 0.717) is 18.8 Å². The van der Waals surface area contributed by atoms with E-state index in [0.717, 1.165) is 36.7 Å². The van der Waals surface area contributed by atoms with Gasteiger partial charge in [-0.1, -0.05) is 26.0 Å². The number of nitrogens with zero attached hydrogens (tertiary/aromatic N) is 2. The lowest BCUT2D eigenvalue weighted by atomic mass is 10.0. The Bertz CT molecular complexity index is 1010. The smallest absolute Gasteiger partial charge is 0.319 e. The molecular weight excluding hydrogens is 427 g/mol. The lowest BCUT2D eigenvalue weighted by molar-refractivity contribution is -0.136. The van der Waals surface area contributed by atoms with Gasteiger partial charge in [-0.05, 0) is 41.8 Å². The highest BCUT2D eigenvalue weighted by atomic mass is 19.1. The molecule has 2 N–H and O–H groups in total. The highest BCUT2D eigenvalue weighted by Gasteiger charge is 2.31. The van der Waals surface area contributed by atoms with Crippen LogP contribution in [0.15, 0.2) is 42.5 Å². The first kappa shape index (κ1) is 22.8. The second-order valence-electron chi connectivity index (χ2n) is 8.62. The predicted octanol–water partition coefficient (Wildman–Crippen LogP) is 3.04. The van der Waals surface area contributed by atoms with Crippen molar-refractivity contribution in [2.75, 3.05) is 38.3 Å². The maximum absolute atomic E-state index is 13.4. The summed E-state index contributed by atoms with van der Waals surface area (Å²) >= 11 is 0. The van der Waals surface area contributed by atoms with E-state index >= 15 is 0 Å². The summed E-state index contributed by atoms with van der Waals surface area (Å²) in [4.78, 5) is 29.7. The topological polar surface area (TPSA) is 83.1 Å². The number of carbonyl (C=O) groups is 2. The zero-order valence-corrected chi connectivity index (χ0v) is 18.8. The number of piperazine rings is 1. The molecule has 0 spiro atoms. The van der Waals surface area contributed by atoms with Crippen LogP contribution in [0.2, 0.25) is 0 Å². The molecule has 4 rings (SSSR count). The van der Waals surface area contributed by atoms with E-state index in [1.165, 1.54) is 18.2 Å². The second kappa shape index (κ2) is 10.1. The second-order valence-corrected chi connectivity index (χ2v) is 8.62. The van der Waals surface area contributed by atoms with E-state index in [-0.39, 0.29) is 18.6 Å².